The van der Waals surface area contributed by atoms with Crippen molar-refractivity contribution in [2.75, 3.05) is 6.26 Å². The summed E-state index contributed by atoms with van der Waals surface area (Å²) in [6, 6.07) is 12.5. The van der Waals surface area contributed by atoms with Crippen LogP contribution in [-0.4, -0.2) is 14.7 Å². The predicted molar refractivity (Wildman–Crippen MR) is 80.5 cm³/mol. The summed E-state index contributed by atoms with van der Waals surface area (Å²) in [7, 11) is -3.23. The van der Waals surface area contributed by atoms with Gasteiger partial charge < -0.3 is 10.5 Å². The summed E-state index contributed by atoms with van der Waals surface area (Å²) in [6.45, 7) is 1.26. The first-order valence-corrected chi connectivity index (χ1v) is 8.59. The van der Waals surface area contributed by atoms with Crippen molar-refractivity contribution < 1.29 is 13.2 Å². The van der Waals surface area contributed by atoms with E-state index in [-0.39, 0.29) is 6.04 Å². The molecule has 110 valence electrons. The fourth-order valence-electron chi connectivity index (χ4n) is 2.52. The van der Waals surface area contributed by atoms with E-state index < -0.39 is 9.84 Å². The van der Waals surface area contributed by atoms with Crippen molar-refractivity contribution in [3.05, 3.63) is 64.7 Å². The monoisotopic (exact) mass is 303 g/mol. The van der Waals surface area contributed by atoms with Crippen LogP contribution in [0.2, 0.25) is 0 Å². The summed E-state index contributed by atoms with van der Waals surface area (Å²) in [5, 5.41) is 0. The lowest BCUT2D eigenvalue weighted by Crippen LogP contribution is -2.13. The molecule has 0 aliphatic carbocycles. The van der Waals surface area contributed by atoms with Crippen LogP contribution in [0, 0.1) is 0 Å². The van der Waals surface area contributed by atoms with E-state index in [2.05, 4.69) is 0 Å². The Bertz CT molecular complexity index is 784. The lowest BCUT2D eigenvalue weighted by Gasteiger charge is -2.14. The van der Waals surface area contributed by atoms with Crippen molar-refractivity contribution in [2.24, 2.45) is 5.73 Å². The Morgan fingerprint density at radius 2 is 1.76 bits per heavy atom. The highest BCUT2D eigenvalue weighted by Crippen LogP contribution is 2.27. The molecule has 0 aromatic heterocycles. The standard InChI is InChI=1S/C16H17NO3S/c1-21(18,19)15-4-2-3-11(8-15)16(17)12-5-6-13-9-20-10-14(13)7-12/h2-8,16H,9-10,17H2,1H3. The molecular weight excluding hydrogens is 286 g/mol. The van der Waals surface area contributed by atoms with Gasteiger partial charge in [0.15, 0.2) is 9.84 Å². The summed E-state index contributed by atoms with van der Waals surface area (Å²) in [4.78, 5) is 0.292. The molecule has 2 aromatic rings. The second-order valence-electron chi connectivity index (χ2n) is 5.34. The van der Waals surface area contributed by atoms with Gasteiger partial charge >= 0.3 is 0 Å². The maximum absolute atomic E-state index is 11.6. The lowest BCUT2D eigenvalue weighted by molar-refractivity contribution is 0.134. The van der Waals surface area contributed by atoms with Crippen LogP contribution in [0.4, 0.5) is 0 Å². The van der Waals surface area contributed by atoms with Crippen molar-refractivity contribution in [3.8, 4) is 0 Å². The number of hydrogen-bond donors (Lipinski definition) is 1. The van der Waals surface area contributed by atoms with Gasteiger partial charge in [-0.25, -0.2) is 8.42 Å². The van der Waals surface area contributed by atoms with Crippen LogP contribution in [0.5, 0.6) is 0 Å². The molecule has 0 bridgehead atoms. The number of nitrogens with two attached hydrogens (primary N) is 1. The first kappa shape index (κ1) is 14.3. The van der Waals surface area contributed by atoms with Gasteiger partial charge in [-0.15, -0.1) is 0 Å². The summed E-state index contributed by atoms with van der Waals surface area (Å²) in [5.74, 6) is 0. The smallest absolute Gasteiger partial charge is 0.175 e. The fraction of sp³-hybridized carbons (Fsp3) is 0.250. The van der Waals surface area contributed by atoms with Gasteiger partial charge in [0.25, 0.3) is 0 Å². The Kier molecular flexibility index (Phi) is 3.57. The van der Waals surface area contributed by atoms with Crippen LogP contribution in [0.15, 0.2) is 47.4 Å². The number of sulfone groups is 1. The molecule has 0 fully saturated rings. The van der Waals surface area contributed by atoms with Gasteiger partial charge in [-0.05, 0) is 34.4 Å². The van der Waals surface area contributed by atoms with Gasteiger partial charge in [0.2, 0.25) is 0 Å². The number of fused-ring (bicyclic) bond motifs is 1. The Labute approximate surface area is 124 Å². The zero-order valence-corrected chi connectivity index (χ0v) is 12.6. The average molecular weight is 303 g/mol. The minimum atomic E-state index is -3.23. The molecular formula is C16H17NO3S. The van der Waals surface area contributed by atoms with Gasteiger partial charge in [0.1, 0.15) is 0 Å². The second-order valence-corrected chi connectivity index (χ2v) is 7.36. The van der Waals surface area contributed by atoms with Gasteiger partial charge in [-0.2, -0.15) is 0 Å². The molecule has 1 heterocycles. The number of rotatable bonds is 3. The molecule has 1 atom stereocenters. The summed E-state index contributed by atoms with van der Waals surface area (Å²) in [5.41, 5.74) is 10.4. The van der Waals surface area contributed by atoms with E-state index in [1.807, 2.05) is 24.3 Å². The molecule has 0 radical (unpaired) electrons. The number of ether oxygens (including phenoxy) is 1. The van der Waals surface area contributed by atoms with Gasteiger partial charge in [0.05, 0.1) is 24.2 Å². The topological polar surface area (TPSA) is 69.4 Å². The Hall–Kier alpha value is -1.69. The third kappa shape index (κ3) is 2.85. The SMILES string of the molecule is CS(=O)(=O)c1cccc(C(N)c2ccc3c(c2)COC3)c1. The number of benzene rings is 2. The minimum Gasteiger partial charge on any atom is -0.372 e. The highest BCUT2D eigenvalue weighted by atomic mass is 32.2. The quantitative estimate of drug-likeness (QED) is 0.943. The van der Waals surface area contributed by atoms with E-state index in [1.54, 1.807) is 18.2 Å². The summed E-state index contributed by atoms with van der Waals surface area (Å²) >= 11 is 0. The predicted octanol–water partition coefficient (Wildman–Crippen LogP) is 2.17. The second kappa shape index (κ2) is 5.26. The zero-order chi connectivity index (χ0) is 15.0. The van der Waals surface area contributed by atoms with Crippen molar-refractivity contribution in [2.45, 2.75) is 24.2 Å². The summed E-state index contributed by atoms with van der Waals surface area (Å²) in [6.07, 6.45) is 1.20. The first-order valence-electron chi connectivity index (χ1n) is 6.70. The first-order chi connectivity index (χ1) is 9.95. The van der Waals surface area contributed by atoms with Crippen LogP contribution in [0.25, 0.3) is 0 Å². The van der Waals surface area contributed by atoms with Crippen LogP contribution >= 0.6 is 0 Å². The third-order valence-electron chi connectivity index (χ3n) is 3.75. The normalized spacial score (nSPS) is 15.7. The molecule has 2 aromatic carbocycles. The summed E-state index contributed by atoms with van der Waals surface area (Å²) < 4.78 is 28.7. The molecule has 1 aliphatic rings. The molecule has 5 heteroatoms. The molecule has 0 amide bonds. The van der Waals surface area contributed by atoms with Crippen molar-refractivity contribution in [1.29, 1.82) is 0 Å². The highest BCUT2D eigenvalue weighted by Gasteiger charge is 2.16. The molecule has 0 spiro atoms. The maximum atomic E-state index is 11.6. The van der Waals surface area contributed by atoms with Crippen molar-refractivity contribution in [1.82, 2.24) is 0 Å². The molecule has 3 rings (SSSR count). The van der Waals surface area contributed by atoms with Gasteiger partial charge in [-0.3, -0.25) is 0 Å². The number of hydrogen-bond acceptors (Lipinski definition) is 4. The third-order valence-corrected chi connectivity index (χ3v) is 4.86. The molecule has 0 saturated carbocycles. The van der Waals surface area contributed by atoms with Gasteiger partial charge in [-0.1, -0.05) is 30.3 Å². The maximum Gasteiger partial charge on any atom is 0.175 e. The van der Waals surface area contributed by atoms with E-state index >= 15 is 0 Å². The van der Waals surface area contributed by atoms with Crippen LogP contribution < -0.4 is 5.73 Å². The average Bonchev–Trinajstić information content (AvgIpc) is 2.93. The molecule has 2 N–H and O–H groups in total. The van der Waals surface area contributed by atoms with Crippen LogP contribution in [-0.2, 0) is 27.8 Å². The van der Waals surface area contributed by atoms with E-state index in [9.17, 15) is 8.42 Å². The molecule has 1 unspecified atom stereocenters. The molecule has 1 aliphatic heterocycles. The van der Waals surface area contributed by atoms with Gasteiger partial charge in [0, 0.05) is 6.26 Å². The molecule has 21 heavy (non-hydrogen) atoms. The van der Waals surface area contributed by atoms with Crippen LogP contribution in [0.1, 0.15) is 28.3 Å². The van der Waals surface area contributed by atoms with Crippen LogP contribution in [0.3, 0.4) is 0 Å². The Morgan fingerprint density at radius 1 is 1.05 bits per heavy atom. The fourth-order valence-corrected chi connectivity index (χ4v) is 3.19. The minimum absolute atomic E-state index is 0.292. The van der Waals surface area contributed by atoms with Crippen molar-refractivity contribution in [3.63, 3.8) is 0 Å². The molecule has 0 saturated heterocycles. The Morgan fingerprint density at radius 3 is 2.52 bits per heavy atom. The van der Waals surface area contributed by atoms with E-state index in [4.69, 9.17) is 10.5 Å². The van der Waals surface area contributed by atoms with E-state index in [0.29, 0.717) is 18.1 Å². The van der Waals surface area contributed by atoms with E-state index in [1.165, 1.54) is 11.8 Å². The highest BCUT2D eigenvalue weighted by molar-refractivity contribution is 7.90. The largest absolute Gasteiger partial charge is 0.372 e. The molecule has 4 nitrogen and oxygen atoms in total. The lowest BCUT2D eigenvalue weighted by atomic mass is 9.96. The van der Waals surface area contributed by atoms with Crippen molar-refractivity contribution >= 4 is 9.84 Å². The Balaban J connectivity index is 1.97. The zero-order valence-electron chi connectivity index (χ0n) is 11.7. The van der Waals surface area contributed by atoms with E-state index in [0.717, 1.165) is 16.7 Å².